The van der Waals surface area contributed by atoms with Crippen molar-refractivity contribution in [2.75, 3.05) is 26.4 Å². The fourth-order valence-corrected chi connectivity index (χ4v) is 1.81. The first-order valence-electron chi connectivity index (χ1n) is 7.40. The van der Waals surface area contributed by atoms with Gasteiger partial charge in [-0.2, -0.15) is 0 Å². The van der Waals surface area contributed by atoms with Crippen molar-refractivity contribution in [1.29, 1.82) is 0 Å². The summed E-state index contributed by atoms with van der Waals surface area (Å²) < 4.78 is 10.6. The molecule has 1 aromatic carbocycles. The lowest BCUT2D eigenvalue weighted by Gasteiger charge is -2.12. The quantitative estimate of drug-likeness (QED) is 0.437. The number of ether oxygens (including phenoxy) is 2. The summed E-state index contributed by atoms with van der Waals surface area (Å²) in [4.78, 5) is 22.3. The van der Waals surface area contributed by atoms with Gasteiger partial charge < -0.3 is 25.3 Å². The number of carbonyl (C=O) groups excluding carboxylic acids is 2. The number of carbonyl (C=O) groups is 2. The molecular formula is C16H24N2O4. The molecule has 6 nitrogen and oxygen atoms in total. The number of hydrogen-bond acceptors (Lipinski definition) is 5. The molecule has 3 N–H and O–H groups in total. The Morgan fingerprint density at radius 1 is 1.23 bits per heavy atom. The van der Waals surface area contributed by atoms with E-state index >= 15 is 0 Å². The van der Waals surface area contributed by atoms with E-state index in [1.165, 1.54) is 0 Å². The van der Waals surface area contributed by atoms with Crippen LogP contribution in [-0.4, -0.2) is 44.6 Å². The SMILES string of the molecule is NCCCC(C=O)NC(=O)COCCOCc1ccccc1. The van der Waals surface area contributed by atoms with E-state index in [9.17, 15) is 9.59 Å². The Labute approximate surface area is 131 Å². The number of rotatable bonds is 12. The average Bonchev–Trinajstić information content (AvgIpc) is 2.55. The number of nitrogens with one attached hydrogen (secondary N) is 1. The Bertz CT molecular complexity index is 425. The highest BCUT2D eigenvalue weighted by Crippen LogP contribution is 2.00. The van der Waals surface area contributed by atoms with Crippen LogP contribution in [0.5, 0.6) is 0 Å². The van der Waals surface area contributed by atoms with Gasteiger partial charge in [-0.25, -0.2) is 0 Å². The number of hydrogen-bond donors (Lipinski definition) is 2. The molecular weight excluding hydrogens is 284 g/mol. The normalized spacial score (nSPS) is 11.9. The third-order valence-electron chi connectivity index (χ3n) is 2.95. The molecule has 1 aromatic rings. The molecule has 1 unspecified atom stereocenters. The molecule has 22 heavy (non-hydrogen) atoms. The third-order valence-corrected chi connectivity index (χ3v) is 2.95. The number of amides is 1. The smallest absolute Gasteiger partial charge is 0.246 e. The van der Waals surface area contributed by atoms with Crippen LogP contribution < -0.4 is 11.1 Å². The van der Waals surface area contributed by atoms with Crippen LogP contribution in [0.3, 0.4) is 0 Å². The predicted molar refractivity (Wildman–Crippen MR) is 83.2 cm³/mol. The van der Waals surface area contributed by atoms with Crippen LogP contribution in [0, 0.1) is 0 Å². The Morgan fingerprint density at radius 2 is 1.95 bits per heavy atom. The maximum absolute atomic E-state index is 11.6. The summed E-state index contributed by atoms with van der Waals surface area (Å²) in [5, 5.41) is 2.59. The zero-order valence-corrected chi connectivity index (χ0v) is 12.7. The van der Waals surface area contributed by atoms with Crippen molar-refractivity contribution in [3.63, 3.8) is 0 Å². The summed E-state index contributed by atoms with van der Waals surface area (Å²) >= 11 is 0. The second kappa shape index (κ2) is 11.9. The highest BCUT2D eigenvalue weighted by molar-refractivity contribution is 5.80. The molecule has 0 saturated carbocycles. The van der Waals surface area contributed by atoms with E-state index in [-0.39, 0.29) is 12.5 Å². The minimum atomic E-state index is -0.492. The third kappa shape index (κ3) is 8.51. The largest absolute Gasteiger partial charge is 0.374 e. The topological polar surface area (TPSA) is 90.7 Å². The summed E-state index contributed by atoms with van der Waals surface area (Å²) in [5.74, 6) is -0.308. The second-order valence-electron chi connectivity index (χ2n) is 4.83. The predicted octanol–water partition coefficient (Wildman–Crippen LogP) is 0.642. The molecule has 122 valence electrons. The fourth-order valence-electron chi connectivity index (χ4n) is 1.81. The lowest BCUT2D eigenvalue weighted by molar-refractivity contribution is -0.128. The van der Waals surface area contributed by atoms with Crippen molar-refractivity contribution in [2.45, 2.75) is 25.5 Å². The molecule has 0 aliphatic carbocycles. The van der Waals surface area contributed by atoms with Crippen LogP contribution in [0.2, 0.25) is 0 Å². The van der Waals surface area contributed by atoms with Crippen molar-refractivity contribution in [3.8, 4) is 0 Å². The molecule has 0 saturated heterocycles. The molecule has 0 radical (unpaired) electrons. The summed E-state index contributed by atoms with van der Waals surface area (Å²) in [6, 6.07) is 9.32. The monoisotopic (exact) mass is 308 g/mol. The first kappa shape index (κ1) is 18.3. The van der Waals surface area contributed by atoms with Crippen molar-refractivity contribution in [2.24, 2.45) is 5.73 Å². The lowest BCUT2D eigenvalue weighted by atomic mass is 10.2. The molecule has 0 spiro atoms. The molecule has 1 amide bonds. The van der Waals surface area contributed by atoms with Crippen molar-refractivity contribution < 1.29 is 19.1 Å². The van der Waals surface area contributed by atoms with Crippen LogP contribution in [0.15, 0.2) is 30.3 Å². The molecule has 0 aliphatic heterocycles. The van der Waals surface area contributed by atoms with E-state index in [4.69, 9.17) is 15.2 Å². The molecule has 0 fully saturated rings. The van der Waals surface area contributed by atoms with Gasteiger partial charge >= 0.3 is 0 Å². The molecule has 0 bridgehead atoms. The molecule has 0 heterocycles. The molecule has 6 heteroatoms. The Kier molecular flexibility index (Phi) is 9.85. The summed E-state index contributed by atoms with van der Waals surface area (Å²) in [6.07, 6.45) is 1.96. The molecule has 1 atom stereocenters. The summed E-state index contributed by atoms with van der Waals surface area (Å²) in [6.45, 7) is 1.67. The maximum atomic E-state index is 11.6. The highest BCUT2D eigenvalue weighted by Gasteiger charge is 2.10. The fraction of sp³-hybridized carbons (Fsp3) is 0.500. The van der Waals surface area contributed by atoms with Gasteiger partial charge in [0.25, 0.3) is 0 Å². The van der Waals surface area contributed by atoms with E-state index in [1.807, 2.05) is 30.3 Å². The van der Waals surface area contributed by atoms with Gasteiger partial charge in [0.1, 0.15) is 12.9 Å². The molecule has 0 aromatic heterocycles. The maximum Gasteiger partial charge on any atom is 0.246 e. The van der Waals surface area contributed by atoms with Crippen molar-refractivity contribution in [3.05, 3.63) is 35.9 Å². The number of aldehydes is 1. The van der Waals surface area contributed by atoms with Gasteiger partial charge in [-0.05, 0) is 24.9 Å². The zero-order chi connectivity index (χ0) is 16.0. The number of nitrogens with two attached hydrogens (primary N) is 1. The van der Waals surface area contributed by atoms with Crippen LogP contribution in [0.1, 0.15) is 18.4 Å². The van der Waals surface area contributed by atoms with E-state index < -0.39 is 6.04 Å². The van der Waals surface area contributed by atoms with Gasteiger partial charge in [0.05, 0.1) is 25.9 Å². The van der Waals surface area contributed by atoms with E-state index in [0.717, 1.165) is 11.8 Å². The van der Waals surface area contributed by atoms with Gasteiger partial charge in [0.2, 0.25) is 5.91 Å². The van der Waals surface area contributed by atoms with Gasteiger partial charge in [-0.1, -0.05) is 30.3 Å². The van der Waals surface area contributed by atoms with Gasteiger partial charge in [-0.3, -0.25) is 4.79 Å². The molecule has 1 rings (SSSR count). The van der Waals surface area contributed by atoms with Crippen molar-refractivity contribution in [1.82, 2.24) is 5.32 Å². The van der Waals surface area contributed by atoms with Crippen LogP contribution in [0.25, 0.3) is 0 Å². The van der Waals surface area contributed by atoms with Gasteiger partial charge in [0.15, 0.2) is 0 Å². The minimum absolute atomic E-state index is 0.0817. The minimum Gasteiger partial charge on any atom is -0.374 e. The second-order valence-corrected chi connectivity index (χ2v) is 4.83. The first-order valence-corrected chi connectivity index (χ1v) is 7.40. The van der Waals surface area contributed by atoms with Crippen LogP contribution in [0.4, 0.5) is 0 Å². The van der Waals surface area contributed by atoms with Crippen LogP contribution in [-0.2, 0) is 25.7 Å². The summed E-state index contributed by atoms with van der Waals surface area (Å²) in [7, 11) is 0. The standard InChI is InChI=1S/C16H24N2O4/c17-8-4-7-15(11-19)18-16(20)13-22-10-9-21-12-14-5-2-1-3-6-14/h1-3,5-6,11,15H,4,7-10,12-13,17H2,(H,18,20). The highest BCUT2D eigenvalue weighted by atomic mass is 16.5. The Morgan fingerprint density at radius 3 is 2.64 bits per heavy atom. The van der Waals surface area contributed by atoms with Gasteiger partial charge in [-0.15, -0.1) is 0 Å². The van der Waals surface area contributed by atoms with E-state index in [0.29, 0.717) is 39.2 Å². The lowest BCUT2D eigenvalue weighted by Crippen LogP contribution is -2.38. The number of benzene rings is 1. The summed E-state index contributed by atoms with van der Waals surface area (Å²) in [5.41, 5.74) is 6.46. The Hall–Kier alpha value is -1.76. The van der Waals surface area contributed by atoms with Gasteiger partial charge in [0, 0.05) is 0 Å². The van der Waals surface area contributed by atoms with Crippen molar-refractivity contribution >= 4 is 12.2 Å². The zero-order valence-electron chi connectivity index (χ0n) is 12.7. The Balaban J connectivity index is 2.03. The van der Waals surface area contributed by atoms with E-state index in [1.54, 1.807) is 0 Å². The average molecular weight is 308 g/mol. The van der Waals surface area contributed by atoms with E-state index in [2.05, 4.69) is 5.32 Å². The first-order chi connectivity index (χ1) is 10.8. The molecule has 0 aliphatic rings. The van der Waals surface area contributed by atoms with Crippen LogP contribution >= 0.6 is 0 Å².